The predicted octanol–water partition coefficient (Wildman–Crippen LogP) is 4.89. The zero-order valence-electron chi connectivity index (χ0n) is 17.8. The maximum absolute atomic E-state index is 15.0. The molecule has 2 aromatic rings. The molecule has 0 N–H and O–H groups in total. The summed E-state index contributed by atoms with van der Waals surface area (Å²) in [6.45, 7) is 10.6. The van der Waals surface area contributed by atoms with E-state index in [9.17, 15) is 9.28 Å². The summed E-state index contributed by atoms with van der Waals surface area (Å²) in [5, 5.41) is 0.867. The van der Waals surface area contributed by atoms with Gasteiger partial charge in [0, 0.05) is 42.8 Å². The van der Waals surface area contributed by atoms with Gasteiger partial charge in [-0.2, -0.15) is 0 Å². The average molecular weight is 402 g/mol. The Bertz CT molecular complexity index is 758. The number of carbonyl (C=O) groups is 1. The standard InChI is InChI=1S/C23H32FN3O2/c1-17(2)26(18(3)4)23(28)20-5-7-21(8-6-20)27(24)22-9-12-25(13-10-22)15-19-11-14-29-16-19/h5-8,11,14,16-18,22H,9-10,12-13,15H2,1-4H3. The molecule has 0 unspecified atom stereocenters. The van der Waals surface area contributed by atoms with E-state index in [2.05, 4.69) is 4.90 Å². The molecule has 0 saturated carbocycles. The van der Waals surface area contributed by atoms with Gasteiger partial charge in [-0.15, -0.1) is 0 Å². The van der Waals surface area contributed by atoms with Crippen molar-refractivity contribution >= 4 is 11.6 Å². The van der Waals surface area contributed by atoms with Gasteiger partial charge in [0.25, 0.3) is 5.91 Å². The van der Waals surface area contributed by atoms with Crippen LogP contribution >= 0.6 is 0 Å². The molecule has 158 valence electrons. The van der Waals surface area contributed by atoms with Gasteiger partial charge in [0.2, 0.25) is 0 Å². The summed E-state index contributed by atoms with van der Waals surface area (Å²) in [5.74, 6) is -0.0143. The first-order valence-corrected chi connectivity index (χ1v) is 10.5. The smallest absolute Gasteiger partial charge is 0.254 e. The van der Waals surface area contributed by atoms with Gasteiger partial charge in [-0.1, -0.05) is 4.48 Å². The van der Waals surface area contributed by atoms with E-state index in [-0.39, 0.29) is 24.0 Å². The molecule has 0 bridgehead atoms. The number of benzene rings is 1. The Hall–Kier alpha value is -2.34. The van der Waals surface area contributed by atoms with E-state index in [1.807, 2.05) is 38.7 Å². The second-order valence-corrected chi connectivity index (χ2v) is 8.40. The minimum absolute atomic E-state index is 0.0143. The van der Waals surface area contributed by atoms with Crippen molar-refractivity contribution in [3.05, 3.63) is 54.0 Å². The Morgan fingerprint density at radius 2 is 1.72 bits per heavy atom. The number of hydrogen-bond donors (Lipinski definition) is 0. The van der Waals surface area contributed by atoms with Gasteiger partial charge in [-0.3, -0.25) is 9.69 Å². The van der Waals surface area contributed by atoms with E-state index in [0.29, 0.717) is 11.3 Å². The Kier molecular flexibility index (Phi) is 6.96. The summed E-state index contributed by atoms with van der Waals surface area (Å²) in [4.78, 5) is 17.0. The number of likely N-dealkylation sites (tertiary alicyclic amines) is 1. The van der Waals surface area contributed by atoms with Crippen molar-refractivity contribution in [3.8, 4) is 0 Å². The van der Waals surface area contributed by atoms with Gasteiger partial charge >= 0.3 is 0 Å². The van der Waals surface area contributed by atoms with Crippen LogP contribution in [0, 0.1) is 0 Å². The third kappa shape index (κ3) is 5.18. The summed E-state index contributed by atoms with van der Waals surface area (Å²) in [5.41, 5.74) is 2.26. The molecule has 6 heteroatoms. The van der Waals surface area contributed by atoms with E-state index in [1.165, 1.54) is 0 Å². The van der Waals surface area contributed by atoms with Crippen molar-refractivity contribution in [2.75, 3.05) is 18.2 Å². The van der Waals surface area contributed by atoms with Gasteiger partial charge in [-0.05, 0) is 70.9 Å². The zero-order chi connectivity index (χ0) is 21.0. The van der Waals surface area contributed by atoms with Crippen LogP contribution in [-0.4, -0.2) is 46.9 Å². The average Bonchev–Trinajstić information content (AvgIpc) is 3.20. The summed E-state index contributed by atoms with van der Waals surface area (Å²) < 4.78 is 20.1. The molecule has 1 fully saturated rings. The molecule has 0 atom stereocenters. The fourth-order valence-electron chi connectivity index (χ4n) is 4.12. The third-order valence-electron chi connectivity index (χ3n) is 5.57. The summed E-state index contributed by atoms with van der Waals surface area (Å²) in [7, 11) is 0. The lowest BCUT2D eigenvalue weighted by Gasteiger charge is -2.35. The maximum Gasteiger partial charge on any atom is 0.254 e. The van der Waals surface area contributed by atoms with E-state index in [1.54, 1.807) is 36.8 Å². The molecule has 0 radical (unpaired) electrons. The number of hydrogen-bond acceptors (Lipinski definition) is 4. The first-order chi connectivity index (χ1) is 13.9. The van der Waals surface area contributed by atoms with Crippen LogP contribution in [0.1, 0.15) is 56.5 Å². The highest BCUT2D eigenvalue weighted by molar-refractivity contribution is 5.95. The molecule has 1 aliphatic heterocycles. The molecule has 0 spiro atoms. The molecule has 2 heterocycles. The molecule has 1 aromatic heterocycles. The highest BCUT2D eigenvalue weighted by Gasteiger charge is 2.26. The number of amides is 1. The quantitative estimate of drug-likeness (QED) is 0.619. The second kappa shape index (κ2) is 9.44. The van der Waals surface area contributed by atoms with Crippen molar-refractivity contribution in [2.45, 2.75) is 65.2 Å². The number of furan rings is 1. The van der Waals surface area contributed by atoms with Gasteiger partial charge in [0.05, 0.1) is 24.3 Å². The fraction of sp³-hybridized carbons (Fsp3) is 0.522. The van der Waals surface area contributed by atoms with Crippen LogP contribution in [0.2, 0.25) is 0 Å². The van der Waals surface area contributed by atoms with E-state index in [0.717, 1.165) is 43.2 Å². The van der Waals surface area contributed by atoms with E-state index < -0.39 is 0 Å². The van der Waals surface area contributed by atoms with Crippen LogP contribution in [0.4, 0.5) is 10.2 Å². The largest absolute Gasteiger partial charge is 0.472 e. The van der Waals surface area contributed by atoms with E-state index >= 15 is 0 Å². The van der Waals surface area contributed by atoms with Gasteiger partial charge in [0.15, 0.2) is 0 Å². The Labute approximate surface area is 173 Å². The van der Waals surface area contributed by atoms with Crippen molar-refractivity contribution < 1.29 is 13.7 Å². The van der Waals surface area contributed by atoms with Crippen LogP contribution in [-0.2, 0) is 6.54 Å². The number of anilines is 1. The molecule has 1 amide bonds. The third-order valence-corrected chi connectivity index (χ3v) is 5.57. The highest BCUT2D eigenvalue weighted by Crippen LogP contribution is 2.26. The molecule has 5 nitrogen and oxygen atoms in total. The summed E-state index contributed by atoms with van der Waals surface area (Å²) in [6.07, 6.45) is 4.98. The number of rotatable bonds is 7. The Morgan fingerprint density at radius 3 is 2.24 bits per heavy atom. The number of halogens is 1. The molecule has 1 saturated heterocycles. The Balaban J connectivity index is 1.58. The van der Waals surface area contributed by atoms with Crippen LogP contribution in [0.3, 0.4) is 0 Å². The number of nitrogens with zero attached hydrogens (tertiary/aromatic N) is 3. The van der Waals surface area contributed by atoms with Crippen molar-refractivity contribution in [2.24, 2.45) is 0 Å². The normalized spacial score (nSPS) is 15.8. The maximum atomic E-state index is 15.0. The van der Waals surface area contributed by atoms with Crippen LogP contribution in [0.5, 0.6) is 0 Å². The molecule has 29 heavy (non-hydrogen) atoms. The highest BCUT2D eigenvalue weighted by atomic mass is 19.2. The van der Waals surface area contributed by atoms with Crippen molar-refractivity contribution in [3.63, 3.8) is 0 Å². The zero-order valence-corrected chi connectivity index (χ0v) is 17.8. The van der Waals surface area contributed by atoms with Gasteiger partial charge in [-0.25, -0.2) is 5.12 Å². The first kappa shape index (κ1) is 21.4. The second-order valence-electron chi connectivity index (χ2n) is 8.40. The van der Waals surface area contributed by atoms with Crippen LogP contribution in [0.15, 0.2) is 47.3 Å². The Morgan fingerprint density at radius 1 is 1.10 bits per heavy atom. The van der Waals surface area contributed by atoms with E-state index in [4.69, 9.17) is 4.42 Å². The molecule has 3 rings (SSSR count). The van der Waals surface area contributed by atoms with Gasteiger partial charge < -0.3 is 9.32 Å². The number of carbonyl (C=O) groups excluding carboxylic acids is 1. The minimum atomic E-state index is -0.139. The molecular formula is C23H32FN3O2. The summed E-state index contributed by atoms with van der Waals surface area (Å²) in [6, 6.07) is 8.95. The molecule has 1 aromatic carbocycles. The lowest BCUT2D eigenvalue weighted by molar-refractivity contribution is 0.0643. The number of piperidine rings is 1. The monoisotopic (exact) mass is 401 g/mol. The molecular weight excluding hydrogens is 369 g/mol. The minimum Gasteiger partial charge on any atom is -0.472 e. The summed E-state index contributed by atoms with van der Waals surface area (Å²) >= 11 is 0. The van der Waals surface area contributed by atoms with Crippen molar-refractivity contribution in [1.29, 1.82) is 0 Å². The van der Waals surface area contributed by atoms with Gasteiger partial charge in [0.1, 0.15) is 0 Å². The first-order valence-electron chi connectivity index (χ1n) is 10.5. The fourth-order valence-corrected chi connectivity index (χ4v) is 4.12. The lowest BCUT2D eigenvalue weighted by atomic mass is 10.0. The predicted molar refractivity (Wildman–Crippen MR) is 113 cm³/mol. The lowest BCUT2D eigenvalue weighted by Crippen LogP contribution is -2.42. The SMILES string of the molecule is CC(C)N(C(=O)c1ccc(N(F)C2CCN(Cc3ccoc3)CC2)cc1)C(C)C. The molecule has 0 aliphatic carbocycles. The molecule has 1 aliphatic rings. The van der Waals surface area contributed by atoms with Crippen LogP contribution < -0.4 is 5.12 Å². The topological polar surface area (TPSA) is 39.9 Å². The van der Waals surface area contributed by atoms with Crippen molar-refractivity contribution in [1.82, 2.24) is 9.80 Å². The van der Waals surface area contributed by atoms with Crippen LogP contribution in [0.25, 0.3) is 0 Å².